The highest BCUT2D eigenvalue weighted by atomic mass is 15.1. The van der Waals surface area contributed by atoms with Crippen molar-refractivity contribution in [3.8, 4) is 0 Å². The molecule has 0 saturated carbocycles. The second-order valence-electron chi connectivity index (χ2n) is 5.83. The lowest BCUT2D eigenvalue weighted by molar-refractivity contribution is 0.0354. The molecule has 0 aromatic heterocycles. The van der Waals surface area contributed by atoms with Crippen LogP contribution >= 0.6 is 0 Å². The van der Waals surface area contributed by atoms with Crippen LogP contribution in [0.1, 0.15) is 32.1 Å². The van der Waals surface area contributed by atoms with Crippen LogP contribution in [0.2, 0.25) is 0 Å². The van der Waals surface area contributed by atoms with Gasteiger partial charge in [-0.1, -0.05) is 0 Å². The smallest absolute Gasteiger partial charge is 0.00124 e. The molecule has 86 valence electrons. The molecule has 1 N–H and O–H groups in total. The van der Waals surface area contributed by atoms with Crippen LogP contribution in [0.25, 0.3) is 0 Å². The first kappa shape index (κ1) is 10.1. The Balaban J connectivity index is 1.54. The van der Waals surface area contributed by atoms with E-state index in [2.05, 4.69) is 10.2 Å². The number of hydrogen-bond donors (Lipinski definition) is 1. The van der Waals surface area contributed by atoms with Crippen LogP contribution in [0.5, 0.6) is 0 Å². The molecule has 4 saturated heterocycles. The van der Waals surface area contributed by atoms with Crippen LogP contribution in [0.3, 0.4) is 0 Å². The van der Waals surface area contributed by atoms with E-state index in [0.717, 1.165) is 17.8 Å². The summed E-state index contributed by atoms with van der Waals surface area (Å²) in [7, 11) is 0. The Morgan fingerprint density at radius 1 is 1.00 bits per heavy atom. The Kier molecular flexibility index (Phi) is 2.98. The molecule has 2 nitrogen and oxygen atoms in total. The maximum Gasteiger partial charge on any atom is 0.00124 e. The Bertz CT molecular complexity index is 203. The molecule has 4 heterocycles. The van der Waals surface area contributed by atoms with Crippen molar-refractivity contribution in [3.63, 3.8) is 0 Å². The van der Waals surface area contributed by atoms with Crippen LogP contribution in [-0.4, -0.2) is 37.6 Å². The zero-order valence-electron chi connectivity index (χ0n) is 9.75. The molecule has 0 amide bonds. The largest absolute Gasteiger partial charge is 0.317 e. The molecule has 0 aromatic rings. The molecule has 4 rings (SSSR count). The van der Waals surface area contributed by atoms with Crippen molar-refractivity contribution in [3.05, 3.63) is 0 Å². The van der Waals surface area contributed by atoms with Gasteiger partial charge in [0.15, 0.2) is 0 Å². The fourth-order valence-corrected chi connectivity index (χ4v) is 3.90. The van der Waals surface area contributed by atoms with Gasteiger partial charge in [0.05, 0.1) is 0 Å². The molecular weight excluding hydrogens is 184 g/mol. The normalized spacial score (nSPS) is 42.0. The quantitative estimate of drug-likeness (QED) is 0.743. The fraction of sp³-hybridized carbons (Fsp3) is 1.00. The number of nitrogens with one attached hydrogen (secondary N) is 1. The molecule has 4 aliphatic rings. The van der Waals surface area contributed by atoms with Crippen LogP contribution in [0, 0.1) is 17.8 Å². The van der Waals surface area contributed by atoms with Gasteiger partial charge >= 0.3 is 0 Å². The summed E-state index contributed by atoms with van der Waals surface area (Å²) in [6, 6.07) is 0. The predicted octanol–water partition coefficient (Wildman–Crippen LogP) is 1.72. The molecule has 2 heteroatoms. The van der Waals surface area contributed by atoms with E-state index in [0.29, 0.717) is 0 Å². The lowest BCUT2D eigenvalue weighted by Crippen LogP contribution is -2.48. The summed E-state index contributed by atoms with van der Waals surface area (Å²) in [5, 5.41) is 3.48. The minimum Gasteiger partial charge on any atom is -0.317 e. The van der Waals surface area contributed by atoms with Crippen molar-refractivity contribution in [2.45, 2.75) is 32.1 Å². The Morgan fingerprint density at radius 2 is 1.73 bits per heavy atom. The molecule has 15 heavy (non-hydrogen) atoms. The summed E-state index contributed by atoms with van der Waals surface area (Å²) in [4.78, 5) is 2.70. The van der Waals surface area contributed by atoms with E-state index in [9.17, 15) is 0 Å². The fourth-order valence-electron chi connectivity index (χ4n) is 3.90. The van der Waals surface area contributed by atoms with E-state index in [1.54, 1.807) is 0 Å². The topological polar surface area (TPSA) is 15.3 Å². The zero-order chi connectivity index (χ0) is 10.1. The van der Waals surface area contributed by atoms with Gasteiger partial charge in [-0.25, -0.2) is 0 Å². The lowest BCUT2D eigenvalue weighted by atomic mass is 9.73. The first-order valence-corrected chi connectivity index (χ1v) is 6.85. The van der Waals surface area contributed by atoms with E-state index >= 15 is 0 Å². The van der Waals surface area contributed by atoms with E-state index in [4.69, 9.17) is 0 Å². The van der Waals surface area contributed by atoms with Crippen molar-refractivity contribution in [2.75, 3.05) is 32.7 Å². The third kappa shape index (κ3) is 2.21. The van der Waals surface area contributed by atoms with Gasteiger partial charge in [-0.05, 0) is 76.0 Å². The summed E-state index contributed by atoms with van der Waals surface area (Å²) in [6.45, 7) is 6.76. The van der Waals surface area contributed by atoms with Gasteiger partial charge in [0.25, 0.3) is 0 Å². The molecule has 4 aliphatic heterocycles. The summed E-state index contributed by atoms with van der Waals surface area (Å²) >= 11 is 0. The average molecular weight is 208 g/mol. The summed E-state index contributed by atoms with van der Waals surface area (Å²) in [5.74, 6) is 3.18. The minimum atomic E-state index is 1.04. The molecular formula is C13H24N2. The van der Waals surface area contributed by atoms with Crippen LogP contribution in [0.15, 0.2) is 0 Å². The third-order valence-electron chi connectivity index (χ3n) is 4.89. The molecule has 4 fully saturated rings. The van der Waals surface area contributed by atoms with Crippen molar-refractivity contribution in [2.24, 2.45) is 17.8 Å². The number of piperidine rings is 4. The number of hydrogen-bond acceptors (Lipinski definition) is 2. The van der Waals surface area contributed by atoms with Gasteiger partial charge in [-0.15, -0.1) is 0 Å². The number of nitrogens with zero attached hydrogens (tertiary/aromatic N) is 1. The van der Waals surface area contributed by atoms with Gasteiger partial charge in [0.1, 0.15) is 0 Å². The highest BCUT2D eigenvalue weighted by Gasteiger charge is 2.35. The highest BCUT2D eigenvalue weighted by Crippen LogP contribution is 2.37. The van der Waals surface area contributed by atoms with Gasteiger partial charge in [-0.3, -0.25) is 0 Å². The molecule has 1 atom stereocenters. The summed E-state index contributed by atoms with van der Waals surface area (Å²) < 4.78 is 0. The molecule has 0 radical (unpaired) electrons. The van der Waals surface area contributed by atoms with Crippen LogP contribution < -0.4 is 5.32 Å². The van der Waals surface area contributed by atoms with Crippen molar-refractivity contribution in [1.82, 2.24) is 10.2 Å². The van der Waals surface area contributed by atoms with Crippen molar-refractivity contribution < 1.29 is 0 Å². The zero-order valence-corrected chi connectivity index (χ0v) is 9.75. The summed E-state index contributed by atoms with van der Waals surface area (Å²) in [6.07, 6.45) is 7.39. The standard InChI is InChI=1S/C13H24N2/c1-5-14-6-2-11(1)9-13-10-15-7-3-12(13)4-8-15/h11-14H,1-10H2/t13-/m0/s1. The van der Waals surface area contributed by atoms with Gasteiger partial charge in [-0.2, -0.15) is 0 Å². The first-order chi connectivity index (χ1) is 7.42. The number of fused-ring (bicyclic) bond motifs is 3. The molecule has 0 aliphatic carbocycles. The van der Waals surface area contributed by atoms with Gasteiger partial charge in [0.2, 0.25) is 0 Å². The molecule has 0 aromatic carbocycles. The van der Waals surface area contributed by atoms with Crippen molar-refractivity contribution >= 4 is 0 Å². The van der Waals surface area contributed by atoms with Gasteiger partial charge < -0.3 is 10.2 Å². The van der Waals surface area contributed by atoms with E-state index in [-0.39, 0.29) is 0 Å². The van der Waals surface area contributed by atoms with Gasteiger partial charge in [0, 0.05) is 6.54 Å². The SMILES string of the molecule is C1CC(C[C@H]2CN3CCC2CC3)CCN1. The minimum absolute atomic E-state index is 1.04. The Labute approximate surface area is 93.4 Å². The maximum atomic E-state index is 3.48. The molecule has 2 bridgehead atoms. The first-order valence-electron chi connectivity index (χ1n) is 6.85. The van der Waals surface area contributed by atoms with E-state index in [1.807, 2.05) is 0 Å². The third-order valence-corrected chi connectivity index (χ3v) is 4.89. The Morgan fingerprint density at radius 3 is 2.33 bits per heavy atom. The average Bonchev–Trinajstić information content (AvgIpc) is 2.32. The van der Waals surface area contributed by atoms with Crippen LogP contribution in [-0.2, 0) is 0 Å². The van der Waals surface area contributed by atoms with Crippen molar-refractivity contribution in [1.29, 1.82) is 0 Å². The molecule has 0 spiro atoms. The van der Waals surface area contributed by atoms with Crippen LogP contribution in [0.4, 0.5) is 0 Å². The molecule has 0 unspecified atom stereocenters. The van der Waals surface area contributed by atoms with E-state index in [1.165, 1.54) is 64.8 Å². The second kappa shape index (κ2) is 4.42. The highest BCUT2D eigenvalue weighted by molar-refractivity contribution is 4.88. The summed E-state index contributed by atoms with van der Waals surface area (Å²) in [5.41, 5.74) is 0. The Hall–Kier alpha value is -0.0800. The predicted molar refractivity (Wildman–Crippen MR) is 62.9 cm³/mol. The lowest BCUT2D eigenvalue weighted by Gasteiger charge is -2.46. The second-order valence-corrected chi connectivity index (χ2v) is 5.83. The monoisotopic (exact) mass is 208 g/mol. The number of rotatable bonds is 2. The van der Waals surface area contributed by atoms with E-state index < -0.39 is 0 Å². The maximum absolute atomic E-state index is 3.48.